The van der Waals surface area contributed by atoms with Crippen molar-refractivity contribution in [3.8, 4) is 0 Å². The molecule has 0 amide bonds. The van der Waals surface area contributed by atoms with Gasteiger partial charge in [-0.15, -0.1) is 5.10 Å². The van der Waals surface area contributed by atoms with Crippen LogP contribution in [-0.4, -0.2) is 26.4 Å². The maximum atomic E-state index is 11.1. The molecule has 1 heterocycles. The van der Waals surface area contributed by atoms with Gasteiger partial charge in [-0.25, -0.2) is 4.79 Å². The fourth-order valence-corrected chi connectivity index (χ4v) is 1.99. The molecule has 0 fully saturated rings. The molecule has 0 spiro atoms. The average molecular weight is 232 g/mol. The molecule has 5 nitrogen and oxygen atoms in total. The highest BCUT2D eigenvalue weighted by molar-refractivity contribution is 6.03. The first kappa shape index (κ1) is 11.5. The molecular formula is C12H12N2O3. The molecule has 0 aliphatic carbocycles. The van der Waals surface area contributed by atoms with Crippen molar-refractivity contribution in [3.63, 3.8) is 0 Å². The van der Waals surface area contributed by atoms with Crippen LogP contribution in [0.25, 0.3) is 10.8 Å². The zero-order valence-corrected chi connectivity index (χ0v) is 9.56. The summed E-state index contributed by atoms with van der Waals surface area (Å²) in [5.41, 5.74) is 2.14. The summed E-state index contributed by atoms with van der Waals surface area (Å²) >= 11 is 0. The first-order valence-electron chi connectivity index (χ1n) is 5.15. The molecule has 2 N–H and O–H groups in total. The topological polar surface area (TPSA) is 83.3 Å². The highest BCUT2D eigenvalue weighted by atomic mass is 16.4. The normalized spacial score (nSPS) is 10.8. The summed E-state index contributed by atoms with van der Waals surface area (Å²) in [6.45, 7) is 3.48. The molecule has 1 aromatic heterocycles. The molecule has 88 valence electrons. The smallest absolute Gasteiger partial charge is 0.357 e. The van der Waals surface area contributed by atoms with Crippen LogP contribution in [0, 0.1) is 13.8 Å². The van der Waals surface area contributed by atoms with Gasteiger partial charge in [0.25, 0.3) is 0 Å². The van der Waals surface area contributed by atoms with E-state index >= 15 is 0 Å². The third-order valence-electron chi connectivity index (χ3n) is 2.65. The molecule has 2 aromatic rings. The zero-order valence-electron chi connectivity index (χ0n) is 9.56. The number of carboxylic acids is 1. The summed E-state index contributed by atoms with van der Waals surface area (Å²) in [5, 5.41) is 26.9. The van der Waals surface area contributed by atoms with Crippen molar-refractivity contribution in [2.75, 3.05) is 0 Å². The highest BCUT2D eigenvalue weighted by Gasteiger charge is 2.16. The number of rotatable bonds is 2. The van der Waals surface area contributed by atoms with Crippen molar-refractivity contribution in [2.45, 2.75) is 20.5 Å². The number of aromatic nitrogens is 2. The second kappa shape index (κ2) is 4.10. The van der Waals surface area contributed by atoms with Crippen LogP contribution in [0.15, 0.2) is 12.1 Å². The van der Waals surface area contributed by atoms with Crippen LogP contribution in [-0.2, 0) is 6.61 Å². The molecular weight excluding hydrogens is 220 g/mol. The molecule has 5 heteroatoms. The molecule has 1 aromatic carbocycles. The maximum Gasteiger partial charge on any atom is 0.357 e. The Morgan fingerprint density at radius 1 is 1.29 bits per heavy atom. The molecule has 0 aliphatic heterocycles. The fourth-order valence-electron chi connectivity index (χ4n) is 1.99. The minimum atomic E-state index is -1.11. The van der Waals surface area contributed by atoms with Crippen molar-refractivity contribution >= 4 is 16.7 Å². The number of carboxylic acid groups (broad SMARTS) is 1. The molecule has 0 saturated heterocycles. The van der Waals surface area contributed by atoms with E-state index in [0.29, 0.717) is 16.5 Å². The van der Waals surface area contributed by atoms with Crippen molar-refractivity contribution in [1.29, 1.82) is 0 Å². The summed E-state index contributed by atoms with van der Waals surface area (Å²) in [6, 6.07) is 3.70. The third kappa shape index (κ3) is 1.85. The Labute approximate surface area is 97.7 Å². The minimum Gasteiger partial charge on any atom is -0.476 e. The molecule has 0 unspecified atom stereocenters. The van der Waals surface area contributed by atoms with Crippen LogP contribution >= 0.6 is 0 Å². The van der Waals surface area contributed by atoms with E-state index in [1.165, 1.54) is 0 Å². The molecule has 0 atom stereocenters. The van der Waals surface area contributed by atoms with Gasteiger partial charge in [0, 0.05) is 10.8 Å². The largest absolute Gasteiger partial charge is 0.476 e. The number of carbonyl (C=O) groups is 1. The van der Waals surface area contributed by atoms with E-state index in [1.54, 1.807) is 0 Å². The number of fused-ring (bicyclic) bond motifs is 1. The summed E-state index contributed by atoms with van der Waals surface area (Å²) in [6.07, 6.45) is 0. The molecule has 0 bridgehead atoms. The van der Waals surface area contributed by atoms with Crippen LogP contribution in [0.5, 0.6) is 0 Å². The van der Waals surface area contributed by atoms with Gasteiger partial charge in [0.05, 0.1) is 12.3 Å². The lowest BCUT2D eigenvalue weighted by molar-refractivity contribution is 0.0691. The van der Waals surface area contributed by atoms with E-state index in [9.17, 15) is 9.90 Å². The molecule has 17 heavy (non-hydrogen) atoms. The number of aromatic carboxylic acids is 1. The first-order chi connectivity index (χ1) is 8.04. The van der Waals surface area contributed by atoms with Crippen LogP contribution in [0.3, 0.4) is 0 Å². The zero-order chi connectivity index (χ0) is 12.6. The van der Waals surface area contributed by atoms with Gasteiger partial charge in [-0.2, -0.15) is 5.10 Å². The van der Waals surface area contributed by atoms with E-state index in [-0.39, 0.29) is 12.3 Å². The SMILES string of the molecule is Cc1cc(C)c2c(C(=O)O)nnc(CO)c2c1. The van der Waals surface area contributed by atoms with Crippen LogP contribution in [0.2, 0.25) is 0 Å². The Morgan fingerprint density at radius 2 is 2.00 bits per heavy atom. The van der Waals surface area contributed by atoms with E-state index in [1.807, 2.05) is 26.0 Å². The standard InChI is InChI=1S/C12H12N2O3/c1-6-3-7(2)10-8(4-6)9(5-15)13-14-11(10)12(16)17/h3-4,15H,5H2,1-2H3,(H,16,17). The predicted molar refractivity (Wildman–Crippen MR) is 61.9 cm³/mol. The lowest BCUT2D eigenvalue weighted by Crippen LogP contribution is -2.07. The predicted octanol–water partition coefficient (Wildman–Crippen LogP) is 1.44. The van der Waals surface area contributed by atoms with E-state index in [4.69, 9.17) is 5.11 Å². The Bertz CT molecular complexity index is 608. The van der Waals surface area contributed by atoms with Crippen molar-refractivity contribution < 1.29 is 15.0 Å². The summed E-state index contributed by atoms with van der Waals surface area (Å²) in [4.78, 5) is 11.1. The monoisotopic (exact) mass is 232 g/mol. The van der Waals surface area contributed by atoms with E-state index in [2.05, 4.69) is 10.2 Å². The lowest BCUT2D eigenvalue weighted by Gasteiger charge is -2.09. The quantitative estimate of drug-likeness (QED) is 0.818. The highest BCUT2D eigenvalue weighted by Crippen LogP contribution is 2.25. The average Bonchev–Trinajstić information content (AvgIpc) is 2.27. The van der Waals surface area contributed by atoms with Crippen LogP contribution in [0.1, 0.15) is 27.3 Å². The second-order valence-electron chi connectivity index (χ2n) is 3.96. The van der Waals surface area contributed by atoms with Crippen molar-refractivity contribution in [1.82, 2.24) is 10.2 Å². The van der Waals surface area contributed by atoms with Gasteiger partial charge in [-0.05, 0) is 25.5 Å². The summed E-state index contributed by atoms with van der Waals surface area (Å²) in [5.74, 6) is -1.11. The van der Waals surface area contributed by atoms with Crippen LogP contribution < -0.4 is 0 Å². The molecule has 0 saturated carbocycles. The van der Waals surface area contributed by atoms with Gasteiger partial charge >= 0.3 is 5.97 Å². The Hall–Kier alpha value is -2.01. The number of hydrogen-bond donors (Lipinski definition) is 2. The van der Waals surface area contributed by atoms with Gasteiger partial charge in [0.2, 0.25) is 0 Å². The van der Waals surface area contributed by atoms with Gasteiger partial charge in [-0.1, -0.05) is 11.6 Å². The van der Waals surface area contributed by atoms with Gasteiger partial charge in [-0.3, -0.25) is 0 Å². The molecule has 0 aliphatic rings. The van der Waals surface area contributed by atoms with Crippen LogP contribution in [0.4, 0.5) is 0 Å². The van der Waals surface area contributed by atoms with E-state index < -0.39 is 5.97 Å². The number of hydrogen-bond acceptors (Lipinski definition) is 4. The second-order valence-corrected chi connectivity index (χ2v) is 3.96. The fraction of sp³-hybridized carbons (Fsp3) is 0.250. The van der Waals surface area contributed by atoms with Crippen molar-refractivity contribution in [2.24, 2.45) is 0 Å². The maximum absolute atomic E-state index is 11.1. The minimum absolute atomic E-state index is 0.0744. The lowest BCUT2D eigenvalue weighted by atomic mass is 10.0. The Balaban J connectivity index is 2.95. The Kier molecular flexibility index (Phi) is 2.77. The summed E-state index contributed by atoms with van der Waals surface area (Å²) in [7, 11) is 0. The van der Waals surface area contributed by atoms with Crippen molar-refractivity contribution in [3.05, 3.63) is 34.6 Å². The van der Waals surface area contributed by atoms with E-state index in [0.717, 1.165) is 11.1 Å². The molecule has 2 rings (SSSR count). The third-order valence-corrected chi connectivity index (χ3v) is 2.65. The Morgan fingerprint density at radius 3 is 2.59 bits per heavy atom. The number of aliphatic hydroxyl groups excluding tert-OH is 1. The summed E-state index contributed by atoms with van der Waals surface area (Å²) < 4.78 is 0. The van der Waals surface area contributed by atoms with Gasteiger partial charge in [0.15, 0.2) is 5.69 Å². The van der Waals surface area contributed by atoms with Gasteiger partial charge in [0.1, 0.15) is 0 Å². The molecule has 0 radical (unpaired) electrons. The number of aliphatic hydroxyl groups is 1. The number of nitrogens with zero attached hydrogens (tertiary/aromatic N) is 2. The number of benzene rings is 1. The number of aryl methyl sites for hydroxylation is 2. The first-order valence-corrected chi connectivity index (χ1v) is 5.15. The van der Waals surface area contributed by atoms with Gasteiger partial charge < -0.3 is 10.2 Å².